The van der Waals surface area contributed by atoms with Crippen molar-refractivity contribution in [3.63, 3.8) is 0 Å². The highest BCUT2D eigenvalue weighted by atomic mass is 16.5. The Labute approximate surface area is 189 Å². The predicted octanol–water partition coefficient (Wildman–Crippen LogP) is 8.15. The summed E-state index contributed by atoms with van der Waals surface area (Å²) >= 11 is 0. The van der Waals surface area contributed by atoms with E-state index in [1.165, 1.54) is 32.1 Å². The molecule has 0 amide bonds. The van der Waals surface area contributed by atoms with E-state index >= 15 is 0 Å². The average Bonchev–Trinajstić information content (AvgIpc) is 2.80. The fourth-order valence-corrected chi connectivity index (χ4v) is 4.12. The zero-order valence-corrected chi connectivity index (χ0v) is 20.3. The summed E-state index contributed by atoms with van der Waals surface area (Å²) in [5.41, 5.74) is 1.74. The lowest BCUT2D eigenvalue weighted by Crippen LogP contribution is -2.13. The number of carbonyl (C=O) groups excluding carboxylic acids is 1. The standard InChI is InChI=1S/C28H42O3/c1-6-10-12-22(8-3)19-30-27-21(5)14-16-26-25(27)17-15-24(18-29)28(26)31-20-23(9-4)13-11-7-2/h14-18,22-23H,6-13,19-20H2,1-5H3. The molecule has 0 bridgehead atoms. The second kappa shape index (κ2) is 13.4. The number of aryl methyl sites for hydroxylation is 1. The van der Waals surface area contributed by atoms with Gasteiger partial charge in [0.15, 0.2) is 6.29 Å². The summed E-state index contributed by atoms with van der Waals surface area (Å²) in [5.74, 6) is 2.71. The lowest BCUT2D eigenvalue weighted by Gasteiger charge is -2.21. The van der Waals surface area contributed by atoms with Crippen LogP contribution in [0.25, 0.3) is 10.8 Å². The van der Waals surface area contributed by atoms with Crippen molar-refractivity contribution in [3.05, 3.63) is 35.4 Å². The van der Waals surface area contributed by atoms with Gasteiger partial charge >= 0.3 is 0 Å². The molecule has 0 N–H and O–H groups in total. The van der Waals surface area contributed by atoms with Crippen molar-refractivity contribution in [2.45, 2.75) is 86.0 Å². The SMILES string of the molecule is CCCCC(CC)COc1c(C)ccc2c(OCC(CC)CCCC)c(C=O)ccc12. The van der Waals surface area contributed by atoms with Gasteiger partial charge in [-0.3, -0.25) is 4.79 Å². The van der Waals surface area contributed by atoms with Crippen molar-refractivity contribution in [2.75, 3.05) is 13.2 Å². The molecular weight excluding hydrogens is 384 g/mol. The van der Waals surface area contributed by atoms with Crippen LogP contribution < -0.4 is 9.47 Å². The first-order valence-corrected chi connectivity index (χ1v) is 12.4. The summed E-state index contributed by atoms with van der Waals surface area (Å²) in [6.45, 7) is 12.4. The molecule has 0 spiro atoms. The molecule has 0 saturated carbocycles. The Morgan fingerprint density at radius 2 is 1.29 bits per heavy atom. The number of benzene rings is 2. The minimum atomic E-state index is 0.514. The molecule has 3 nitrogen and oxygen atoms in total. The summed E-state index contributed by atoms with van der Waals surface area (Å²) < 4.78 is 12.7. The summed E-state index contributed by atoms with van der Waals surface area (Å²) in [6, 6.07) is 8.04. The van der Waals surface area contributed by atoms with Crippen LogP contribution in [0.4, 0.5) is 0 Å². The molecule has 2 aromatic rings. The zero-order valence-electron chi connectivity index (χ0n) is 20.3. The van der Waals surface area contributed by atoms with Crippen LogP contribution in [-0.4, -0.2) is 19.5 Å². The van der Waals surface area contributed by atoms with Crippen molar-refractivity contribution in [1.82, 2.24) is 0 Å². The Hall–Kier alpha value is -2.03. The van der Waals surface area contributed by atoms with Crippen molar-refractivity contribution < 1.29 is 14.3 Å². The highest BCUT2D eigenvalue weighted by Gasteiger charge is 2.17. The summed E-state index contributed by atoms with van der Waals surface area (Å²) in [5, 5.41) is 2.00. The van der Waals surface area contributed by atoms with E-state index in [1.807, 2.05) is 12.1 Å². The van der Waals surface area contributed by atoms with Crippen molar-refractivity contribution in [3.8, 4) is 11.5 Å². The minimum absolute atomic E-state index is 0.514. The topological polar surface area (TPSA) is 35.5 Å². The molecule has 2 unspecified atom stereocenters. The van der Waals surface area contributed by atoms with Crippen molar-refractivity contribution in [2.24, 2.45) is 11.8 Å². The van der Waals surface area contributed by atoms with E-state index < -0.39 is 0 Å². The first kappa shape index (κ1) is 25.2. The lowest BCUT2D eigenvalue weighted by atomic mass is 9.99. The fraction of sp³-hybridized carbons (Fsp3) is 0.607. The molecule has 2 rings (SSSR count). The molecular formula is C28H42O3. The number of unbranched alkanes of at least 4 members (excludes halogenated alkanes) is 2. The molecule has 0 aromatic heterocycles. The van der Waals surface area contributed by atoms with E-state index in [-0.39, 0.29) is 0 Å². The lowest BCUT2D eigenvalue weighted by molar-refractivity contribution is 0.111. The molecule has 172 valence electrons. The number of rotatable bonds is 15. The number of aldehydes is 1. The van der Waals surface area contributed by atoms with Crippen LogP contribution in [-0.2, 0) is 0 Å². The molecule has 0 saturated heterocycles. The van der Waals surface area contributed by atoms with Gasteiger partial charge in [0.25, 0.3) is 0 Å². The molecule has 3 heteroatoms. The first-order valence-electron chi connectivity index (χ1n) is 12.4. The number of fused-ring (bicyclic) bond motifs is 1. The summed E-state index contributed by atoms with van der Waals surface area (Å²) in [7, 11) is 0. The van der Waals surface area contributed by atoms with Crippen LogP contribution in [0.5, 0.6) is 11.5 Å². The highest BCUT2D eigenvalue weighted by Crippen LogP contribution is 2.37. The van der Waals surface area contributed by atoms with Gasteiger partial charge in [0.2, 0.25) is 0 Å². The molecule has 31 heavy (non-hydrogen) atoms. The molecule has 0 radical (unpaired) electrons. The Bertz CT molecular complexity index is 812. The number of hydrogen-bond donors (Lipinski definition) is 0. The number of hydrogen-bond acceptors (Lipinski definition) is 3. The van der Waals surface area contributed by atoms with Gasteiger partial charge in [-0.25, -0.2) is 0 Å². The number of ether oxygens (including phenoxy) is 2. The second-order valence-electron chi connectivity index (χ2n) is 8.86. The van der Waals surface area contributed by atoms with Crippen LogP contribution in [0.3, 0.4) is 0 Å². The number of carbonyl (C=O) groups is 1. The predicted molar refractivity (Wildman–Crippen MR) is 132 cm³/mol. The maximum Gasteiger partial charge on any atom is 0.153 e. The van der Waals surface area contributed by atoms with Gasteiger partial charge in [0.05, 0.1) is 18.8 Å². The highest BCUT2D eigenvalue weighted by molar-refractivity contribution is 5.99. The van der Waals surface area contributed by atoms with E-state index in [1.54, 1.807) is 0 Å². The van der Waals surface area contributed by atoms with E-state index in [0.29, 0.717) is 29.8 Å². The van der Waals surface area contributed by atoms with Crippen molar-refractivity contribution >= 4 is 17.1 Å². The van der Waals surface area contributed by atoms with Gasteiger partial charge in [-0.05, 0) is 49.3 Å². The van der Waals surface area contributed by atoms with Gasteiger partial charge in [-0.15, -0.1) is 0 Å². The average molecular weight is 427 g/mol. The molecule has 2 atom stereocenters. The Morgan fingerprint density at radius 3 is 1.81 bits per heavy atom. The maximum atomic E-state index is 11.8. The Kier molecular flexibility index (Phi) is 10.9. The van der Waals surface area contributed by atoms with Gasteiger partial charge < -0.3 is 9.47 Å². The van der Waals surface area contributed by atoms with Crippen LogP contribution in [0, 0.1) is 18.8 Å². The molecule has 0 heterocycles. The fourth-order valence-electron chi connectivity index (χ4n) is 4.12. The van der Waals surface area contributed by atoms with Gasteiger partial charge in [-0.1, -0.05) is 78.4 Å². The van der Waals surface area contributed by atoms with Gasteiger partial charge in [0, 0.05) is 10.8 Å². The molecule has 0 aliphatic rings. The third-order valence-corrected chi connectivity index (χ3v) is 6.47. The molecule has 0 fully saturated rings. The monoisotopic (exact) mass is 426 g/mol. The van der Waals surface area contributed by atoms with Gasteiger partial charge in [0.1, 0.15) is 11.5 Å². The zero-order chi connectivity index (χ0) is 22.6. The second-order valence-corrected chi connectivity index (χ2v) is 8.86. The van der Waals surface area contributed by atoms with E-state index in [9.17, 15) is 4.79 Å². The van der Waals surface area contributed by atoms with E-state index in [0.717, 1.165) is 54.2 Å². The largest absolute Gasteiger partial charge is 0.492 e. The van der Waals surface area contributed by atoms with E-state index in [4.69, 9.17) is 9.47 Å². The van der Waals surface area contributed by atoms with Gasteiger partial charge in [-0.2, -0.15) is 0 Å². The van der Waals surface area contributed by atoms with E-state index in [2.05, 4.69) is 46.8 Å². The maximum absolute atomic E-state index is 11.8. The Morgan fingerprint density at radius 1 is 0.774 bits per heavy atom. The molecule has 2 aromatic carbocycles. The normalized spacial score (nSPS) is 13.2. The smallest absolute Gasteiger partial charge is 0.153 e. The quantitative estimate of drug-likeness (QED) is 0.269. The van der Waals surface area contributed by atoms with Crippen LogP contribution in [0.15, 0.2) is 24.3 Å². The van der Waals surface area contributed by atoms with Crippen LogP contribution in [0.1, 0.15) is 95.0 Å². The molecule has 0 aliphatic carbocycles. The third kappa shape index (κ3) is 6.98. The summed E-state index contributed by atoms with van der Waals surface area (Å²) in [6.07, 6.45) is 10.4. The minimum Gasteiger partial charge on any atom is -0.492 e. The Balaban J connectivity index is 2.31. The summed E-state index contributed by atoms with van der Waals surface area (Å²) in [4.78, 5) is 11.8. The van der Waals surface area contributed by atoms with Crippen molar-refractivity contribution in [1.29, 1.82) is 0 Å². The molecule has 0 aliphatic heterocycles. The van der Waals surface area contributed by atoms with Crippen LogP contribution in [0.2, 0.25) is 0 Å². The third-order valence-electron chi connectivity index (χ3n) is 6.47. The van der Waals surface area contributed by atoms with Crippen LogP contribution >= 0.6 is 0 Å². The first-order chi connectivity index (χ1) is 15.1.